The van der Waals surface area contributed by atoms with Gasteiger partial charge in [-0.25, -0.2) is 0 Å². The maximum Gasteiger partial charge on any atom is 0.141 e. The minimum absolute atomic E-state index is 0.0110. The van der Waals surface area contributed by atoms with E-state index in [4.69, 9.17) is 11.6 Å². The van der Waals surface area contributed by atoms with Crippen molar-refractivity contribution in [3.05, 3.63) is 0 Å². The van der Waals surface area contributed by atoms with Crippen LogP contribution in [0.5, 0.6) is 0 Å². The molecule has 17 heavy (non-hydrogen) atoms. The van der Waals surface area contributed by atoms with E-state index in [9.17, 15) is 9.59 Å². The van der Waals surface area contributed by atoms with Gasteiger partial charge in [0.1, 0.15) is 11.6 Å². The molecule has 3 rings (SSSR count). The van der Waals surface area contributed by atoms with Gasteiger partial charge in [0.15, 0.2) is 0 Å². The fraction of sp³-hybridized carbons (Fsp3) is 0.857. The first-order chi connectivity index (χ1) is 8.20. The molecule has 3 fully saturated rings. The molecule has 0 aromatic carbocycles. The summed E-state index contributed by atoms with van der Waals surface area (Å²) in [6, 6.07) is 0. The van der Waals surface area contributed by atoms with Crippen LogP contribution in [0.15, 0.2) is 0 Å². The Kier molecular flexibility index (Phi) is 3.02. The summed E-state index contributed by atoms with van der Waals surface area (Å²) in [5.41, 5.74) is 0. The van der Waals surface area contributed by atoms with Gasteiger partial charge in [-0.1, -0.05) is 19.3 Å². The summed E-state index contributed by atoms with van der Waals surface area (Å²) in [5, 5.41) is -0.0897. The van der Waals surface area contributed by atoms with E-state index in [-0.39, 0.29) is 29.0 Å². The second-order valence-corrected chi connectivity index (χ2v) is 6.44. The lowest BCUT2D eigenvalue weighted by Crippen LogP contribution is -2.52. The SMILES string of the molecule is O=C1C2CCCCC2C(=O)C2C(Cl)CCCC12. The van der Waals surface area contributed by atoms with E-state index < -0.39 is 0 Å². The molecule has 0 aliphatic heterocycles. The second kappa shape index (κ2) is 4.38. The Morgan fingerprint density at radius 3 is 2.06 bits per heavy atom. The molecule has 94 valence electrons. The standard InChI is InChI=1S/C14H19ClO2/c15-11-7-3-6-10-12(11)14(17)9-5-2-1-4-8(9)13(10)16/h8-12H,1-7H2. The van der Waals surface area contributed by atoms with Crippen LogP contribution >= 0.6 is 11.6 Å². The first-order valence-electron chi connectivity index (χ1n) is 6.91. The molecule has 0 aromatic rings. The first kappa shape index (κ1) is 11.7. The first-order valence-corrected chi connectivity index (χ1v) is 7.35. The van der Waals surface area contributed by atoms with Crippen LogP contribution in [0.25, 0.3) is 0 Å². The van der Waals surface area contributed by atoms with Crippen LogP contribution in [0.1, 0.15) is 44.9 Å². The number of carbonyl (C=O) groups is 2. The molecule has 0 radical (unpaired) electrons. The van der Waals surface area contributed by atoms with Crippen LogP contribution in [-0.4, -0.2) is 16.9 Å². The summed E-state index contributed by atoms with van der Waals surface area (Å²) in [6.45, 7) is 0. The third kappa shape index (κ3) is 1.76. The van der Waals surface area contributed by atoms with E-state index in [2.05, 4.69) is 0 Å². The summed E-state index contributed by atoms with van der Waals surface area (Å²) in [5.74, 6) is 0.537. The zero-order chi connectivity index (χ0) is 12.0. The number of ketones is 2. The zero-order valence-corrected chi connectivity index (χ0v) is 10.8. The highest BCUT2D eigenvalue weighted by atomic mass is 35.5. The molecule has 0 aromatic heterocycles. The molecule has 0 heterocycles. The number of fused-ring (bicyclic) bond motifs is 2. The van der Waals surface area contributed by atoms with Gasteiger partial charge in [-0.2, -0.15) is 0 Å². The Hall–Kier alpha value is -0.370. The number of rotatable bonds is 0. The van der Waals surface area contributed by atoms with Crippen molar-refractivity contribution in [3.63, 3.8) is 0 Å². The normalized spacial score (nSPS) is 46.3. The van der Waals surface area contributed by atoms with E-state index in [1.54, 1.807) is 0 Å². The molecule has 0 bridgehead atoms. The summed E-state index contributed by atoms with van der Waals surface area (Å²) in [4.78, 5) is 25.0. The molecule has 3 aliphatic rings. The molecule has 5 atom stereocenters. The second-order valence-electron chi connectivity index (χ2n) is 5.88. The molecule has 0 spiro atoms. The van der Waals surface area contributed by atoms with Gasteiger partial charge in [-0.3, -0.25) is 9.59 Å². The van der Waals surface area contributed by atoms with Gasteiger partial charge in [-0.15, -0.1) is 11.6 Å². The number of hydrogen-bond acceptors (Lipinski definition) is 2. The minimum atomic E-state index is -0.155. The van der Waals surface area contributed by atoms with E-state index in [1.165, 1.54) is 0 Å². The largest absolute Gasteiger partial charge is 0.299 e. The molecule has 5 unspecified atom stereocenters. The average Bonchev–Trinajstić information content (AvgIpc) is 2.36. The topological polar surface area (TPSA) is 34.1 Å². The van der Waals surface area contributed by atoms with Crippen LogP contribution in [-0.2, 0) is 9.59 Å². The lowest BCUT2D eigenvalue weighted by Gasteiger charge is -2.45. The number of halogens is 1. The van der Waals surface area contributed by atoms with E-state index >= 15 is 0 Å². The minimum Gasteiger partial charge on any atom is -0.299 e. The predicted octanol–water partition coefficient (Wildman–Crippen LogP) is 2.97. The fourth-order valence-electron chi connectivity index (χ4n) is 4.17. The van der Waals surface area contributed by atoms with Crippen molar-refractivity contribution in [2.75, 3.05) is 0 Å². The smallest absolute Gasteiger partial charge is 0.141 e. The summed E-state index contributed by atoms with van der Waals surface area (Å²) in [6.07, 6.45) is 6.87. The Balaban J connectivity index is 1.92. The maximum absolute atomic E-state index is 12.5. The van der Waals surface area contributed by atoms with Crippen molar-refractivity contribution < 1.29 is 9.59 Å². The van der Waals surface area contributed by atoms with Crippen molar-refractivity contribution in [1.29, 1.82) is 0 Å². The molecule has 3 saturated carbocycles. The van der Waals surface area contributed by atoms with Gasteiger partial charge < -0.3 is 0 Å². The van der Waals surface area contributed by atoms with E-state index in [0.29, 0.717) is 11.6 Å². The molecule has 0 N–H and O–H groups in total. The molecule has 2 nitrogen and oxygen atoms in total. The predicted molar refractivity (Wildman–Crippen MR) is 65.9 cm³/mol. The summed E-state index contributed by atoms with van der Waals surface area (Å²) >= 11 is 6.31. The molecule has 0 saturated heterocycles. The third-order valence-corrected chi connectivity index (χ3v) is 5.50. The lowest BCUT2D eigenvalue weighted by molar-refractivity contribution is -0.150. The van der Waals surface area contributed by atoms with Gasteiger partial charge in [-0.05, 0) is 25.7 Å². The lowest BCUT2D eigenvalue weighted by atomic mass is 9.58. The number of alkyl halides is 1. The van der Waals surface area contributed by atoms with Crippen LogP contribution in [0.3, 0.4) is 0 Å². The molecule has 0 amide bonds. The van der Waals surface area contributed by atoms with E-state index in [1.807, 2.05) is 0 Å². The van der Waals surface area contributed by atoms with Crippen molar-refractivity contribution in [2.45, 2.75) is 50.3 Å². The summed E-state index contributed by atoms with van der Waals surface area (Å²) in [7, 11) is 0. The average molecular weight is 255 g/mol. The molecular formula is C14H19ClO2. The van der Waals surface area contributed by atoms with Gasteiger partial charge in [0.05, 0.1) is 0 Å². The highest BCUT2D eigenvalue weighted by molar-refractivity contribution is 6.23. The Bertz CT molecular complexity index is 352. The number of carbonyl (C=O) groups excluding carboxylic acids is 2. The van der Waals surface area contributed by atoms with Crippen LogP contribution in [0.4, 0.5) is 0 Å². The number of Topliss-reactive ketones (excluding diaryl/α,β-unsaturated/α-hetero) is 2. The van der Waals surface area contributed by atoms with Crippen LogP contribution in [0.2, 0.25) is 0 Å². The maximum atomic E-state index is 12.5. The highest BCUT2D eigenvalue weighted by Gasteiger charge is 2.52. The third-order valence-electron chi connectivity index (χ3n) is 5.01. The van der Waals surface area contributed by atoms with Crippen molar-refractivity contribution >= 4 is 23.2 Å². The van der Waals surface area contributed by atoms with Gasteiger partial charge in [0, 0.05) is 29.0 Å². The fourth-order valence-corrected chi connectivity index (χ4v) is 4.63. The quantitative estimate of drug-likeness (QED) is 0.623. The van der Waals surface area contributed by atoms with Crippen LogP contribution in [0, 0.1) is 23.7 Å². The molecule has 3 aliphatic carbocycles. The zero-order valence-electron chi connectivity index (χ0n) is 10.0. The Morgan fingerprint density at radius 2 is 1.35 bits per heavy atom. The van der Waals surface area contributed by atoms with Gasteiger partial charge in [0.2, 0.25) is 0 Å². The molecule has 3 heteroatoms. The van der Waals surface area contributed by atoms with E-state index in [0.717, 1.165) is 44.9 Å². The van der Waals surface area contributed by atoms with Crippen molar-refractivity contribution in [1.82, 2.24) is 0 Å². The monoisotopic (exact) mass is 254 g/mol. The Morgan fingerprint density at radius 1 is 0.765 bits per heavy atom. The van der Waals surface area contributed by atoms with Gasteiger partial charge >= 0.3 is 0 Å². The van der Waals surface area contributed by atoms with Crippen LogP contribution < -0.4 is 0 Å². The molecular weight excluding hydrogens is 236 g/mol. The van der Waals surface area contributed by atoms with Crippen molar-refractivity contribution in [2.24, 2.45) is 23.7 Å². The summed E-state index contributed by atoms with van der Waals surface area (Å²) < 4.78 is 0. The van der Waals surface area contributed by atoms with Crippen molar-refractivity contribution in [3.8, 4) is 0 Å². The van der Waals surface area contributed by atoms with Gasteiger partial charge in [0.25, 0.3) is 0 Å². The highest BCUT2D eigenvalue weighted by Crippen LogP contribution is 2.47. The Labute approximate surface area is 107 Å². The number of hydrogen-bond donors (Lipinski definition) is 0.